The van der Waals surface area contributed by atoms with Crippen LogP contribution in [0.15, 0.2) is 97.1 Å². The molecular weight excluding hydrogens is 436 g/mol. The maximum atomic E-state index is 5.85. The van der Waals surface area contributed by atoms with Gasteiger partial charge in [0.25, 0.3) is 0 Å². The lowest BCUT2D eigenvalue weighted by molar-refractivity contribution is 0.146. The molecular formula is C31H30O4. The minimum atomic E-state index is -0.441. The lowest BCUT2D eigenvalue weighted by Gasteiger charge is -2.34. The summed E-state index contributed by atoms with van der Waals surface area (Å²) in [5.41, 5.74) is 7.05. The van der Waals surface area contributed by atoms with Gasteiger partial charge in [-0.15, -0.1) is 0 Å². The molecule has 0 radical (unpaired) electrons. The van der Waals surface area contributed by atoms with Gasteiger partial charge in [-0.2, -0.15) is 0 Å². The summed E-state index contributed by atoms with van der Waals surface area (Å²) in [6.45, 7) is 2.17. The number of benzene rings is 4. The van der Waals surface area contributed by atoms with Gasteiger partial charge in [0.1, 0.15) is 24.7 Å². The SMILES string of the molecule is COCCOc1ccc(C2(c3ccc(OCCOC)cc3)c3ccccc3-c3ccccc32)cc1. The van der Waals surface area contributed by atoms with E-state index in [0.717, 1.165) is 11.5 Å². The minimum Gasteiger partial charge on any atom is -0.491 e. The molecule has 0 amide bonds. The number of hydrogen-bond donors (Lipinski definition) is 0. The van der Waals surface area contributed by atoms with Crippen LogP contribution in [0.1, 0.15) is 22.3 Å². The molecule has 178 valence electrons. The predicted octanol–water partition coefficient (Wildman–Crippen LogP) is 6.10. The van der Waals surface area contributed by atoms with Crippen molar-refractivity contribution < 1.29 is 18.9 Å². The molecule has 0 spiro atoms. The Labute approximate surface area is 207 Å². The van der Waals surface area contributed by atoms with Crippen molar-refractivity contribution in [3.05, 3.63) is 119 Å². The van der Waals surface area contributed by atoms with Gasteiger partial charge in [-0.1, -0.05) is 72.8 Å². The van der Waals surface area contributed by atoms with Gasteiger partial charge < -0.3 is 18.9 Å². The normalized spacial score (nSPS) is 13.2. The van der Waals surface area contributed by atoms with Crippen LogP contribution in [-0.4, -0.2) is 40.6 Å². The Hall–Kier alpha value is -3.60. The summed E-state index contributed by atoms with van der Waals surface area (Å²) in [6, 6.07) is 34.4. The first-order chi connectivity index (χ1) is 17.3. The zero-order valence-corrected chi connectivity index (χ0v) is 20.2. The second-order valence-electron chi connectivity index (χ2n) is 8.57. The number of rotatable bonds is 10. The van der Waals surface area contributed by atoms with Crippen LogP contribution in [0.3, 0.4) is 0 Å². The van der Waals surface area contributed by atoms with E-state index in [0.29, 0.717) is 26.4 Å². The maximum absolute atomic E-state index is 5.85. The topological polar surface area (TPSA) is 36.9 Å². The molecule has 0 atom stereocenters. The van der Waals surface area contributed by atoms with Gasteiger partial charge in [-0.3, -0.25) is 0 Å². The summed E-state index contributed by atoms with van der Waals surface area (Å²) in [7, 11) is 3.36. The highest BCUT2D eigenvalue weighted by Crippen LogP contribution is 2.56. The Morgan fingerprint density at radius 1 is 0.486 bits per heavy atom. The largest absolute Gasteiger partial charge is 0.491 e. The standard InChI is InChI=1S/C31H30O4/c1-32-19-21-34-25-15-11-23(12-16-25)31(24-13-17-26(18-14-24)35-22-20-33-2)29-9-5-3-7-27(29)28-8-4-6-10-30(28)31/h3-18H,19-22H2,1-2H3. The fraction of sp³-hybridized carbons (Fsp3) is 0.226. The van der Waals surface area contributed by atoms with Gasteiger partial charge >= 0.3 is 0 Å². The Bertz CT molecular complexity index is 1160. The van der Waals surface area contributed by atoms with Crippen LogP contribution in [-0.2, 0) is 14.9 Å². The molecule has 0 aromatic heterocycles. The van der Waals surface area contributed by atoms with Crippen LogP contribution in [0.25, 0.3) is 11.1 Å². The number of ether oxygens (including phenoxy) is 4. The number of methoxy groups -OCH3 is 2. The predicted molar refractivity (Wildman–Crippen MR) is 138 cm³/mol. The third-order valence-corrected chi connectivity index (χ3v) is 6.64. The highest BCUT2D eigenvalue weighted by molar-refractivity contribution is 5.86. The van der Waals surface area contributed by atoms with Gasteiger partial charge in [0.2, 0.25) is 0 Å². The van der Waals surface area contributed by atoms with Crippen molar-refractivity contribution >= 4 is 0 Å². The van der Waals surface area contributed by atoms with Gasteiger partial charge in [-0.25, -0.2) is 0 Å². The molecule has 4 nitrogen and oxygen atoms in total. The quantitative estimate of drug-likeness (QED) is 0.233. The number of fused-ring (bicyclic) bond motifs is 3. The van der Waals surface area contributed by atoms with Crippen LogP contribution in [0.2, 0.25) is 0 Å². The monoisotopic (exact) mass is 466 g/mol. The molecule has 5 rings (SSSR count). The highest BCUT2D eigenvalue weighted by atomic mass is 16.5. The molecule has 0 saturated heterocycles. The molecule has 0 aliphatic heterocycles. The third-order valence-electron chi connectivity index (χ3n) is 6.64. The Kier molecular flexibility index (Phi) is 6.84. The molecule has 0 heterocycles. The smallest absolute Gasteiger partial charge is 0.119 e. The Balaban J connectivity index is 1.64. The van der Waals surface area contributed by atoms with Crippen molar-refractivity contribution in [1.82, 2.24) is 0 Å². The summed E-state index contributed by atoms with van der Waals surface area (Å²) in [6.07, 6.45) is 0. The molecule has 0 fully saturated rings. The molecule has 0 unspecified atom stereocenters. The highest BCUT2D eigenvalue weighted by Gasteiger charge is 2.45. The van der Waals surface area contributed by atoms with Gasteiger partial charge in [0.05, 0.1) is 18.6 Å². The molecule has 4 heteroatoms. The molecule has 1 aliphatic carbocycles. The maximum Gasteiger partial charge on any atom is 0.119 e. The Morgan fingerprint density at radius 2 is 0.886 bits per heavy atom. The first-order valence-electron chi connectivity index (χ1n) is 11.9. The average molecular weight is 467 g/mol. The first kappa shape index (κ1) is 23.2. The summed E-state index contributed by atoms with van der Waals surface area (Å²) in [4.78, 5) is 0. The van der Waals surface area contributed by atoms with Crippen molar-refractivity contribution in [2.75, 3.05) is 40.6 Å². The van der Waals surface area contributed by atoms with E-state index in [1.807, 2.05) is 0 Å². The van der Waals surface area contributed by atoms with E-state index in [2.05, 4.69) is 97.1 Å². The second-order valence-corrected chi connectivity index (χ2v) is 8.57. The van der Waals surface area contributed by atoms with E-state index in [1.165, 1.54) is 33.4 Å². The van der Waals surface area contributed by atoms with Crippen molar-refractivity contribution in [1.29, 1.82) is 0 Å². The lowest BCUT2D eigenvalue weighted by Crippen LogP contribution is -2.28. The van der Waals surface area contributed by atoms with E-state index >= 15 is 0 Å². The third kappa shape index (κ3) is 4.20. The zero-order chi connectivity index (χ0) is 24.1. The van der Waals surface area contributed by atoms with E-state index in [1.54, 1.807) is 14.2 Å². The molecule has 1 aliphatic rings. The van der Waals surface area contributed by atoms with E-state index in [4.69, 9.17) is 18.9 Å². The molecule has 0 N–H and O–H groups in total. The average Bonchev–Trinajstić information content (AvgIpc) is 3.21. The molecule has 0 bridgehead atoms. The van der Waals surface area contributed by atoms with Crippen molar-refractivity contribution in [3.63, 3.8) is 0 Å². The Morgan fingerprint density at radius 3 is 1.29 bits per heavy atom. The van der Waals surface area contributed by atoms with Crippen molar-refractivity contribution in [3.8, 4) is 22.6 Å². The fourth-order valence-electron chi connectivity index (χ4n) is 5.11. The number of hydrogen-bond acceptors (Lipinski definition) is 4. The summed E-state index contributed by atoms with van der Waals surface area (Å²) in [5, 5.41) is 0. The molecule has 4 aromatic carbocycles. The van der Waals surface area contributed by atoms with Crippen LogP contribution in [0.4, 0.5) is 0 Å². The summed E-state index contributed by atoms with van der Waals surface area (Å²) >= 11 is 0. The first-order valence-corrected chi connectivity index (χ1v) is 11.9. The summed E-state index contributed by atoms with van der Waals surface area (Å²) in [5.74, 6) is 1.67. The summed E-state index contributed by atoms with van der Waals surface area (Å²) < 4.78 is 21.9. The van der Waals surface area contributed by atoms with Crippen LogP contribution in [0, 0.1) is 0 Å². The minimum absolute atomic E-state index is 0.441. The second kappa shape index (κ2) is 10.3. The van der Waals surface area contributed by atoms with Gasteiger partial charge in [-0.05, 0) is 57.6 Å². The van der Waals surface area contributed by atoms with Gasteiger partial charge in [0.15, 0.2) is 0 Å². The van der Waals surface area contributed by atoms with Crippen LogP contribution < -0.4 is 9.47 Å². The molecule has 0 saturated carbocycles. The van der Waals surface area contributed by atoms with Crippen LogP contribution >= 0.6 is 0 Å². The van der Waals surface area contributed by atoms with E-state index < -0.39 is 5.41 Å². The van der Waals surface area contributed by atoms with Crippen molar-refractivity contribution in [2.24, 2.45) is 0 Å². The molecule has 35 heavy (non-hydrogen) atoms. The zero-order valence-electron chi connectivity index (χ0n) is 20.2. The van der Waals surface area contributed by atoms with Gasteiger partial charge in [0, 0.05) is 14.2 Å². The van der Waals surface area contributed by atoms with Crippen LogP contribution in [0.5, 0.6) is 11.5 Å². The fourth-order valence-corrected chi connectivity index (χ4v) is 5.11. The van der Waals surface area contributed by atoms with Crippen molar-refractivity contribution in [2.45, 2.75) is 5.41 Å². The molecule has 4 aromatic rings. The van der Waals surface area contributed by atoms with E-state index in [9.17, 15) is 0 Å². The lowest BCUT2D eigenvalue weighted by atomic mass is 9.68. The van der Waals surface area contributed by atoms with E-state index in [-0.39, 0.29) is 0 Å².